The molecule has 6 heteroatoms. The summed E-state index contributed by atoms with van der Waals surface area (Å²) in [5, 5.41) is 12.5. The van der Waals surface area contributed by atoms with E-state index in [1.165, 1.54) is 17.7 Å². The van der Waals surface area contributed by atoms with Crippen LogP contribution in [-0.4, -0.2) is 10.5 Å². The molecule has 1 aliphatic heterocycles. The molecule has 29 heavy (non-hydrogen) atoms. The van der Waals surface area contributed by atoms with Gasteiger partial charge in [0.1, 0.15) is 18.6 Å². The first-order valence-corrected chi connectivity index (χ1v) is 9.73. The van der Waals surface area contributed by atoms with Crippen LogP contribution in [0, 0.1) is 5.82 Å². The molecule has 4 rings (SSSR count). The number of aromatic nitrogens is 2. The van der Waals surface area contributed by atoms with Crippen molar-refractivity contribution in [1.29, 1.82) is 0 Å². The van der Waals surface area contributed by atoms with Crippen LogP contribution in [0.1, 0.15) is 37.6 Å². The van der Waals surface area contributed by atoms with Gasteiger partial charge in [-0.15, -0.1) is 12.4 Å². The molecule has 3 aromatic rings. The Hall–Kier alpha value is -2.66. The minimum absolute atomic E-state index is 0. The van der Waals surface area contributed by atoms with Gasteiger partial charge in [-0.25, -0.2) is 13.5 Å². The Morgan fingerprint density at radius 2 is 1.83 bits per heavy atom. The number of halogens is 2. The van der Waals surface area contributed by atoms with Crippen LogP contribution in [0.15, 0.2) is 59.7 Å². The average Bonchev–Trinajstić information content (AvgIpc) is 3.27. The molecule has 1 aliphatic rings. The molecule has 0 amide bonds. The van der Waals surface area contributed by atoms with Gasteiger partial charge in [0.15, 0.2) is 5.69 Å². The number of imidazole rings is 1. The van der Waals surface area contributed by atoms with Crippen molar-refractivity contribution in [2.24, 2.45) is 4.99 Å². The van der Waals surface area contributed by atoms with Gasteiger partial charge in [0.05, 0.1) is 18.7 Å². The topological polar surface area (TPSA) is 44.2 Å². The van der Waals surface area contributed by atoms with E-state index in [4.69, 9.17) is 0 Å². The van der Waals surface area contributed by atoms with Crippen molar-refractivity contribution < 1.29 is 14.1 Å². The standard InChI is InChI=1S/C23H24FN3O.ClH/c1-16(2)17-7-11-20(12-8-17)25-22(28)15-26-14-21(27-13-3-4-23(26)27)18-5-9-19(24)10-6-18;/h5-12,14,16H,3-4,13,15H2,1-2H3;1H. The molecular weight excluding hydrogens is 389 g/mol. The van der Waals surface area contributed by atoms with Crippen LogP contribution in [0.4, 0.5) is 10.1 Å². The molecule has 0 radical (unpaired) electrons. The monoisotopic (exact) mass is 413 g/mol. The molecule has 2 heterocycles. The highest BCUT2D eigenvalue weighted by Gasteiger charge is 2.28. The van der Waals surface area contributed by atoms with E-state index in [0.717, 1.165) is 36.5 Å². The first kappa shape index (κ1) is 21.1. The van der Waals surface area contributed by atoms with Gasteiger partial charge in [-0.05, 0) is 54.3 Å². The Morgan fingerprint density at radius 1 is 1.14 bits per heavy atom. The molecule has 0 N–H and O–H groups in total. The quantitative estimate of drug-likeness (QED) is 0.352. The highest BCUT2D eigenvalue weighted by molar-refractivity contribution is 5.85. The maximum absolute atomic E-state index is 13.3. The smallest absolute Gasteiger partial charge is 0.257 e. The molecule has 0 unspecified atom stereocenters. The van der Waals surface area contributed by atoms with Crippen LogP contribution < -0.4 is 9.67 Å². The van der Waals surface area contributed by atoms with Gasteiger partial charge < -0.3 is 5.11 Å². The van der Waals surface area contributed by atoms with E-state index in [-0.39, 0.29) is 30.7 Å². The summed E-state index contributed by atoms with van der Waals surface area (Å²) in [6.07, 6.45) is 3.96. The van der Waals surface area contributed by atoms with Crippen LogP contribution in [0.2, 0.25) is 0 Å². The Kier molecular flexibility index (Phi) is 6.38. The zero-order valence-corrected chi connectivity index (χ0v) is 17.5. The second-order valence-electron chi connectivity index (χ2n) is 7.57. The molecule has 0 aliphatic carbocycles. The fourth-order valence-electron chi connectivity index (χ4n) is 3.76. The van der Waals surface area contributed by atoms with Crippen LogP contribution in [0.3, 0.4) is 0 Å². The van der Waals surface area contributed by atoms with Crippen molar-refractivity contribution in [2.75, 3.05) is 0 Å². The Bertz CT molecular complexity index is 1010. The van der Waals surface area contributed by atoms with E-state index in [2.05, 4.69) is 23.4 Å². The fraction of sp³-hybridized carbons (Fsp3) is 0.304. The number of nitrogens with zero attached hydrogens (tertiary/aromatic N) is 3. The second-order valence-corrected chi connectivity index (χ2v) is 7.57. The van der Waals surface area contributed by atoms with Gasteiger partial charge in [-0.2, -0.15) is 0 Å². The van der Waals surface area contributed by atoms with Crippen molar-refractivity contribution >= 4 is 24.0 Å². The SMILES string of the molecule is CC(C)c1ccc(N=C([O-])C[n+]2cc(-c3ccc(F)cc3)n3c2CCC3)cc1.Cl. The normalized spacial score (nSPS) is 13.4. The van der Waals surface area contributed by atoms with Crippen molar-refractivity contribution in [1.82, 2.24) is 4.57 Å². The molecule has 0 bridgehead atoms. The van der Waals surface area contributed by atoms with Gasteiger partial charge in [0.2, 0.25) is 0 Å². The molecule has 152 valence electrons. The second kappa shape index (κ2) is 8.78. The maximum atomic E-state index is 13.3. The lowest BCUT2D eigenvalue weighted by Gasteiger charge is -2.10. The van der Waals surface area contributed by atoms with Crippen LogP contribution in [0.25, 0.3) is 11.3 Å². The van der Waals surface area contributed by atoms with E-state index < -0.39 is 0 Å². The third kappa shape index (κ3) is 4.51. The Morgan fingerprint density at radius 3 is 2.48 bits per heavy atom. The lowest BCUT2D eigenvalue weighted by Crippen LogP contribution is -2.43. The van der Waals surface area contributed by atoms with E-state index in [1.54, 1.807) is 12.1 Å². The molecule has 0 spiro atoms. The first-order valence-electron chi connectivity index (χ1n) is 9.73. The Balaban J connectivity index is 0.00000240. The van der Waals surface area contributed by atoms with Crippen LogP contribution in [-0.2, 0) is 19.5 Å². The first-order chi connectivity index (χ1) is 13.5. The third-order valence-electron chi connectivity index (χ3n) is 5.25. The van der Waals surface area contributed by atoms with Crippen molar-refractivity contribution in [3.8, 4) is 11.3 Å². The number of aliphatic imine (C=N–C) groups is 1. The van der Waals surface area contributed by atoms with Gasteiger partial charge in [0.25, 0.3) is 5.82 Å². The summed E-state index contributed by atoms with van der Waals surface area (Å²) in [6.45, 7) is 5.40. The summed E-state index contributed by atoms with van der Waals surface area (Å²) in [5.41, 5.74) is 3.89. The lowest BCUT2D eigenvalue weighted by molar-refractivity contribution is -0.693. The van der Waals surface area contributed by atoms with Crippen LogP contribution in [0.5, 0.6) is 0 Å². The van der Waals surface area contributed by atoms with E-state index in [0.29, 0.717) is 11.6 Å². The molecule has 1 aromatic heterocycles. The Labute approximate surface area is 176 Å². The molecular formula is C23H25ClFN3O. The average molecular weight is 414 g/mol. The van der Waals surface area contributed by atoms with Crippen LogP contribution >= 0.6 is 12.4 Å². The third-order valence-corrected chi connectivity index (χ3v) is 5.25. The molecule has 0 saturated carbocycles. The zero-order chi connectivity index (χ0) is 19.7. The number of benzene rings is 2. The van der Waals surface area contributed by atoms with Gasteiger partial charge in [-0.1, -0.05) is 26.0 Å². The number of rotatable bonds is 5. The predicted octanol–water partition coefficient (Wildman–Crippen LogP) is 4.16. The highest BCUT2D eigenvalue weighted by Crippen LogP contribution is 2.25. The van der Waals surface area contributed by atoms with Crippen molar-refractivity contribution in [3.63, 3.8) is 0 Å². The summed E-state index contributed by atoms with van der Waals surface area (Å²) in [7, 11) is 0. The van der Waals surface area contributed by atoms with Gasteiger partial charge >= 0.3 is 0 Å². The van der Waals surface area contributed by atoms with Gasteiger partial charge in [0, 0.05) is 11.5 Å². The maximum Gasteiger partial charge on any atom is 0.257 e. The number of hydrogen-bond donors (Lipinski definition) is 0. The summed E-state index contributed by atoms with van der Waals surface area (Å²) in [5.74, 6) is 1.16. The minimum Gasteiger partial charge on any atom is -0.859 e. The van der Waals surface area contributed by atoms with E-state index in [9.17, 15) is 9.50 Å². The van der Waals surface area contributed by atoms with E-state index in [1.807, 2.05) is 35.0 Å². The molecule has 2 aromatic carbocycles. The molecule has 4 nitrogen and oxygen atoms in total. The summed E-state index contributed by atoms with van der Waals surface area (Å²) >= 11 is 0. The van der Waals surface area contributed by atoms with Crippen molar-refractivity contribution in [2.45, 2.75) is 45.7 Å². The lowest BCUT2D eigenvalue weighted by atomic mass is 10.0. The number of hydrogen-bond acceptors (Lipinski definition) is 2. The zero-order valence-electron chi connectivity index (χ0n) is 16.6. The molecule has 0 atom stereocenters. The molecule has 0 fully saturated rings. The van der Waals surface area contributed by atoms with Crippen molar-refractivity contribution in [3.05, 3.63) is 71.9 Å². The number of fused-ring (bicyclic) bond motifs is 1. The van der Waals surface area contributed by atoms with E-state index >= 15 is 0 Å². The summed E-state index contributed by atoms with van der Waals surface area (Å²) in [6, 6.07) is 14.3. The van der Waals surface area contributed by atoms with Gasteiger partial charge in [-0.3, -0.25) is 4.99 Å². The minimum atomic E-state index is -0.248. The molecule has 0 saturated heterocycles. The summed E-state index contributed by atoms with van der Waals surface area (Å²) in [4.78, 5) is 4.26. The predicted molar refractivity (Wildman–Crippen MR) is 113 cm³/mol. The largest absolute Gasteiger partial charge is 0.859 e. The fourth-order valence-corrected chi connectivity index (χ4v) is 3.76. The summed E-state index contributed by atoms with van der Waals surface area (Å²) < 4.78 is 17.5. The highest BCUT2D eigenvalue weighted by atomic mass is 35.5.